The number of halogens is 1. The maximum Gasteiger partial charge on any atom is 0.151 e. The molecule has 1 rings (SSSR count). The molecule has 0 aliphatic carbocycles. The van der Waals surface area contributed by atoms with Gasteiger partial charge < -0.3 is 5.73 Å². The van der Waals surface area contributed by atoms with Gasteiger partial charge >= 0.3 is 0 Å². The lowest BCUT2D eigenvalue weighted by molar-refractivity contribution is 0.112. The highest BCUT2D eigenvalue weighted by atomic mass is 35.5. The van der Waals surface area contributed by atoms with Crippen molar-refractivity contribution in [3.05, 3.63) is 34.3 Å². The molecule has 1 aromatic carbocycles. The summed E-state index contributed by atoms with van der Waals surface area (Å²) in [5.41, 5.74) is 6.66. The second kappa shape index (κ2) is 3.51. The maximum atomic E-state index is 10.5. The third-order valence-electron chi connectivity index (χ3n) is 1.48. The molecule has 0 fully saturated rings. The zero-order valence-electron chi connectivity index (χ0n) is 5.88. The Morgan fingerprint density at radius 1 is 1.55 bits per heavy atom. The predicted molar refractivity (Wildman–Crippen MR) is 44.7 cm³/mol. The number of hydrogen-bond donors (Lipinski definition) is 1. The number of carbonyl (C=O) groups is 1. The van der Waals surface area contributed by atoms with Crippen LogP contribution in [-0.2, 0) is 6.54 Å². The van der Waals surface area contributed by atoms with Crippen LogP contribution in [-0.4, -0.2) is 6.29 Å². The zero-order valence-corrected chi connectivity index (χ0v) is 6.64. The van der Waals surface area contributed by atoms with Crippen LogP contribution in [0.5, 0.6) is 0 Å². The Morgan fingerprint density at radius 3 is 2.73 bits per heavy atom. The van der Waals surface area contributed by atoms with E-state index in [2.05, 4.69) is 0 Å². The van der Waals surface area contributed by atoms with Gasteiger partial charge in [-0.1, -0.05) is 23.7 Å². The number of aldehydes is 1. The van der Waals surface area contributed by atoms with Gasteiger partial charge in [0.15, 0.2) is 6.29 Å². The van der Waals surface area contributed by atoms with Crippen LogP contribution in [0.2, 0.25) is 5.02 Å². The lowest BCUT2D eigenvalue weighted by atomic mass is 10.1. The van der Waals surface area contributed by atoms with Crippen LogP contribution >= 0.6 is 11.6 Å². The summed E-state index contributed by atoms with van der Waals surface area (Å²) in [5.74, 6) is 0. The summed E-state index contributed by atoms with van der Waals surface area (Å²) in [4.78, 5) is 10.5. The van der Waals surface area contributed by atoms with Crippen LogP contribution < -0.4 is 5.73 Å². The Bertz CT molecular complexity index is 273. The van der Waals surface area contributed by atoms with Gasteiger partial charge in [-0.15, -0.1) is 0 Å². The lowest BCUT2D eigenvalue weighted by Gasteiger charge is -2.01. The van der Waals surface area contributed by atoms with Gasteiger partial charge in [-0.05, 0) is 11.6 Å². The summed E-state index contributed by atoms with van der Waals surface area (Å²) in [6, 6.07) is 5.23. The van der Waals surface area contributed by atoms with Crippen molar-refractivity contribution in [2.75, 3.05) is 0 Å². The van der Waals surface area contributed by atoms with Crippen molar-refractivity contribution in [1.82, 2.24) is 0 Å². The molecule has 0 aliphatic rings. The molecular weight excluding hydrogens is 162 g/mol. The highest BCUT2D eigenvalue weighted by Crippen LogP contribution is 2.17. The van der Waals surface area contributed by atoms with E-state index < -0.39 is 0 Å². The standard InChI is InChI=1S/C8H8ClNO/c9-8-3-1-2-6(4-10)7(8)5-11/h1-3,5H,4,10H2. The Morgan fingerprint density at radius 2 is 2.27 bits per heavy atom. The van der Waals surface area contributed by atoms with Crippen molar-refractivity contribution < 1.29 is 4.79 Å². The van der Waals surface area contributed by atoms with Crippen molar-refractivity contribution in [2.24, 2.45) is 5.73 Å². The first kappa shape index (κ1) is 8.24. The number of benzene rings is 1. The van der Waals surface area contributed by atoms with Gasteiger partial charge in [0.1, 0.15) is 0 Å². The molecule has 1 aromatic rings. The number of carbonyl (C=O) groups excluding carboxylic acids is 1. The van der Waals surface area contributed by atoms with Gasteiger partial charge in [0, 0.05) is 12.1 Å². The smallest absolute Gasteiger partial charge is 0.151 e. The highest BCUT2D eigenvalue weighted by molar-refractivity contribution is 6.33. The third-order valence-corrected chi connectivity index (χ3v) is 1.81. The topological polar surface area (TPSA) is 43.1 Å². The fourth-order valence-electron chi connectivity index (χ4n) is 0.892. The molecule has 58 valence electrons. The molecule has 0 atom stereocenters. The Hall–Kier alpha value is -0.860. The van der Waals surface area contributed by atoms with Gasteiger partial charge in [0.05, 0.1) is 5.02 Å². The quantitative estimate of drug-likeness (QED) is 0.684. The van der Waals surface area contributed by atoms with Gasteiger partial charge in [0.2, 0.25) is 0 Å². The molecule has 2 nitrogen and oxygen atoms in total. The summed E-state index contributed by atoms with van der Waals surface area (Å²) < 4.78 is 0. The minimum Gasteiger partial charge on any atom is -0.326 e. The average molecular weight is 170 g/mol. The van der Waals surface area contributed by atoms with E-state index in [9.17, 15) is 4.79 Å². The van der Waals surface area contributed by atoms with Crippen molar-refractivity contribution in [1.29, 1.82) is 0 Å². The van der Waals surface area contributed by atoms with Gasteiger partial charge in [-0.3, -0.25) is 4.79 Å². The first-order valence-electron chi connectivity index (χ1n) is 3.22. The van der Waals surface area contributed by atoms with E-state index in [4.69, 9.17) is 17.3 Å². The Labute approximate surface area is 70.0 Å². The molecular formula is C8H8ClNO. The Kier molecular flexibility index (Phi) is 2.63. The van der Waals surface area contributed by atoms with E-state index in [0.717, 1.165) is 11.8 Å². The fraction of sp³-hybridized carbons (Fsp3) is 0.125. The summed E-state index contributed by atoms with van der Waals surface area (Å²) in [7, 11) is 0. The molecule has 0 radical (unpaired) electrons. The lowest BCUT2D eigenvalue weighted by Crippen LogP contribution is -2.00. The van der Waals surface area contributed by atoms with Crippen LogP contribution in [0.15, 0.2) is 18.2 Å². The number of nitrogens with two attached hydrogens (primary N) is 1. The molecule has 0 saturated heterocycles. The summed E-state index contributed by atoms with van der Waals surface area (Å²) in [5, 5.41) is 0.461. The normalized spacial score (nSPS) is 9.64. The summed E-state index contributed by atoms with van der Waals surface area (Å²) in [6.45, 7) is 0.342. The number of hydrogen-bond acceptors (Lipinski definition) is 2. The second-order valence-corrected chi connectivity index (χ2v) is 2.54. The first-order valence-corrected chi connectivity index (χ1v) is 3.60. The van der Waals surface area contributed by atoms with Crippen molar-refractivity contribution in [3.8, 4) is 0 Å². The Balaban J connectivity index is 3.24. The largest absolute Gasteiger partial charge is 0.326 e. The molecule has 3 heteroatoms. The van der Waals surface area contributed by atoms with Crippen molar-refractivity contribution >= 4 is 17.9 Å². The SMILES string of the molecule is NCc1cccc(Cl)c1C=O. The van der Waals surface area contributed by atoms with Crippen LogP contribution in [0, 0.1) is 0 Å². The zero-order chi connectivity index (χ0) is 8.27. The number of rotatable bonds is 2. The minimum atomic E-state index is 0.342. The van der Waals surface area contributed by atoms with E-state index in [1.54, 1.807) is 18.2 Å². The van der Waals surface area contributed by atoms with E-state index in [1.165, 1.54) is 0 Å². The van der Waals surface area contributed by atoms with Crippen molar-refractivity contribution in [2.45, 2.75) is 6.54 Å². The molecule has 0 aromatic heterocycles. The highest BCUT2D eigenvalue weighted by Gasteiger charge is 2.02. The second-order valence-electron chi connectivity index (χ2n) is 2.13. The molecule has 0 saturated carbocycles. The molecule has 0 unspecified atom stereocenters. The molecule has 0 aliphatic heterocycles. The molecule has 11 heavy (non-hydrogen) atoms. The van der Waals surface area contributed by atoms with Gasteiger partial charge in [-0.25, -0.2) is 0 Å². The van der Waals surface area contributed by atoms with E-state index in [-0.39, 0.29) is 0 Å². The fourth-order valence-corrected chi connectivity index (χ4v) is 1.13. The van der Waals surface area contributed by atoms with Crippen LogP contribution in [0.1, 0.15) is 15.9 Å². The van der Waals surface area contributed by atoms with E-state index in [1.807, 2.05) is 0 Å². The average Bonchev–Trinajstić information content (AvgIpc) is 2.04. The summed E-state index contributed by atoms with van der Waals surface area (Å²) >= 11 is 5.72. The first-order chi connectivity index (χ1) is 5.29. The maximum absolute atomic E-state index is 10.5. The monoisotopic (exact) mass is 169 g/mol. The van der Waals surface area contributed by atoms with E-state index >= 15 is 0 Å². The molecule has 0 amide bonds. The molecule has 0 spiro atoms. The van der Waals surface area contributed by atoms with Gasteiger partial charge in [0.25, 0.3) is 0 Å². The third kappa shape index (κ3) is 1.59. The van der Waals surface area contributed by atoms with Crippen LogP contribution in [0.4, 0.5) is 0 Å². The summed E-state index contributed by atoms with van der Waals surface area (Å²) in [6.07, 6.45) is 0.727. The molecule has 2 N–H and O–H groups in total. The van der Waals surface area contributed by atoms with E-state index in [0.29, 0.717) is 17.1 Å². The molecule has 0 heterocycles. The van der Waals surface area contributed by atoms with Crippen LogP contribution in [0.3, 0.4) is 0 Å². The van der Waals surface area contributed by atoms with Gasteiger partial charge in [-0.2, -0.15) is 0 Å². The predicted octanol–water partition coefficient (Wildman–Crippen LogP) is 1.61. The molecule has 0 bridgehead atoms. The van der Waals surface area contributed by atoms with Crippen molar-refractivity contribution in [3.63, 3.8) is 0 Å². The van der Waals surface area contributed by atoms with Crippen LogP contribution in [0.25, 0.3) is 0 Å². The minimum absolute atomic E-state index is 0.342.